The van der Waals surface area contributed by atoms with Crippen LogP contribution in [-0.2, 0) is 0 Å². The maximum Gasteiger partial charge on any atom is 0.134 e. The first-order chi connectivity index (χ1) is 10.6. The molecule has 0 spiro atoms. The second-order valence-electron chi connectivity index (χ2n) is 5.24. The van der Waals surface area contributed by atoms with Crippen molar-refractivity contribution in [3.63, 3.8) is 0 Å². The smallest absolute Gasteiger partial charge is 0.134 e. The van der Waals surface area contributed by atoms with Crippen molar-refractivity contribution in [2.75, 3.05) is 11.9 Å². The molecule has 3 aromatic rings. The minimum Gasteiger partial charge on any atom is -0.394 e. The van der Waals surface area contributed by atoms with Crippen molar-refractivity contribution in [1.82, 2.24) is 4.98 Å². The van der Waals surface area contributed by atoms with E-state index in [9.17, 15) is 5.11 Å². The molecule has 0 saturated carbocycles. The molecule has 1 heterocycles. The summed E-state index contributed by atoms with van der Waals surface area (Å²) in [6.07, 6.45) is 0.799. The Labute approximate surface area is 138 Å². The SMILES string of the molecule is CC[C@@H](CO)Nc1nc2cc(Cl)ccc2c2ccc(Cl)cc12. The molecule has 3 rings (SSSR count). The summed E-state index contributed by atoms with van der Waals surface area (Å²) in [5.41, 5.74) is 0.817. The molecule has 0 unspecified atom stereocenters. The van der Waals surface area contributed by atoms with E-state index in [2.05, 4.69) is 10.3 Å². The number of fused-ring (bicyclic) bond motifs is 3. The Morgan fingerprint density at radius 2 is 1.73 bits per heavy atom. The average Bonchev–Trinajstić information content (AvgIpc) is 2.52. The molecule has 0 aliphatic carbocycles. The van der Waals surface area contributed by atoms with Crippen LogP contribution in [0.15, 0.2) is 36.4 Å². The number of benzene rings is 2. The van der Waals surface area contributed by atoms with Gasteiger partial charge in [-0.1, -0.05) is 42.3 Å². The number of rotatable bonds is 4. The molecule has 0 fully saturated rings. The normalized spacial score (nSPS) is 12.7. The quantitative estimate of drug-likeness (QED) is 0.668. The first kappa shape index (κ1) is 15.3. The lowest BCUT2D eigenvalue weighted by Gasteiger charge is -2.17. The van der Waals surface area contributed by atoms with Crippen molar-refractivity contribution in [2.45, 2.75) is 19.4 Å². The van der Waals surface area contributed by atoms with Gasteiger partial charge in [-0.05, 0) is 36.1 Å². The fraction of sp³-hybridized carbons (Fsp3) is 0.235. The number of nitrogens with zero attached hydrogens (tertiary/aromatic N) is 1. The van der Waals surface area contributed by atoms with Crippen molar-refractivity contribution in [2.24, 2.45) is 0 Å². The second kappa shape index (κ2) is 6.29. The van der Waals surface area contributed by atoms with Crippen LogP contribution in [0.3, 0.4) is 0 Å². The number of aliphatic hydroxyl groups excluding tert-OH is 1. The van der Waals surface area contributed by atoms with Gasteiger partial charge < -0.3 is 10.4 Å². The molecule has 0 bridgehead atoms. The predicted molar refractivity (Wildman–Crippen MR) is 94.1 cm³/mol. The van der Waals surface area contributed by atoms with Gasteiger partial charge in [-0.25, -0.2) is 4.98 Å². The summed E-state index contributed by atoms with van der Waals surface area (Å²) in [5, 5.41) is 17.1. The summed E-state index contributed by atoms with van der Waals surface area (Å²) < 4.78 is 0. The zero-order valence-electron chi connectivity index (χ0n) is 12.1. The van der Waals surface area contributed by atoms with Crippen LogP contribution in [0.4, 0.5) is 5.82 Å². The van der Waals surface area contributed by atoms with E-state index >= 15 is 0 Å². The van der Waals surface area contributed by atoms with E-state index in [1.165, 1.54) is 0 Å². The minimum absolute atomic E-state index is 0.0494. The van der Waals surface area contributed by atoms with Crippen molar-refractivity contribution in [3.8, 4) is 0 Å². The van der Waals surface area contributed by atoms with E-state index in [0.29, 0.717) is 15.9 Å². The second-order valence-corrected chi connectivity index (χ2v) is 6.12. The molecule has 0 amide bonds. The van der Waals surface area contributed by atoms with Crippen molar-refractivity contribution in [1.29, 1.82) is 0 Å². The van der Waals surface area contributed by atoms with Crippen molar-refractivity contribution < 1.29 is 5.11 Å². The third-order valence-corrected chi connectivity index (χ3v) is 4.24. The van der Waals surface area contributed by atoms with Crippen molar-refractivity contribution >= 4 is 50.7 Å². The van der Waals surface area contributed by atoms with Crippen LogP contribution >= 0.6 is 23.2 Å². The van der Waals surface area contributed by atoms with Gasteiger partial charge in [-0.15, -0.1) is 0 Å². The Kier molecular flexibility index (Phi) is 4.39. The molecule has 1 aromatic heterocycles. The molecule has 0 saturated heterocycles. The van der Waals surface area contributed by atoms with Gasteiger partial charge in [0, 0.05) is 20.8 Å². The van der Waals surface area contributed by atoms with Crippen LogP contribution in [0.2, 0.25) is 10.0 Å². The Morgan fingerprint density at radius 1 is 1.05 bits per heavy atom. The molecule has 3 nitrogen and oxygen atoms in total. The number of anilines is 1. The fourth-order valence-electron chi connectivity index (χ4n) is 2.53. The van der Waals surface area contributed by atoms with E-state index < -0.39 is 0 Å². The molecular weight excluding hydrogens is 319 g/mol. The highest BCUT2D eigenvalue weighted by Gasteiger charge is 2.12. The highest BCUT2D eigenvalue weighted by Crippen LogP contribution is 2.32. The zero-order chi connectivity index (χ0) is 15.7. The van der Waals surface area contributed by atoms with Gasteiger partial charge in [0.2, 0.25) is 0 Å². The number of aliphatic hydroxyl groups is 1. The topological polar surface area (TPSA) is 45.1 Å². The highest BCUT2D eigenvalue weighted by molar-refractivity contribution is 6.32. The monoisotopic (exact) mass is 334 g/mol. The lowest BCUT2D eigenvalue weighted by atomic mass is 10.1. The van der Waals surface area contributed by atoms with Crippen LogP contribution in [0.25, 0.3) is 21.7 Å². The van der Waals surface area contributed by atoms with Gasteiger partial charge in [0.15, 0.2) is 0 Å². The molecule has 2 aromatic carbocycles. The van der Waals surface area contributed by atoms with Crippen LogP contribution < -0.4 is 5.32 Å². The van der Waals surface area contributed by atoms with Gasteiger partial charge in [0.05, 0.1) is 18.2 Å². The molecule has 22 heavy (non-hydrogen) atoms. The number of pyridine rings is 1. The van der Waals surface area contributed by atoms with Crippen molar-refractivity contribution in [3.05, 3.63) is 46.4 Å². The average molecular weight is 335 g/mol. The van der Waals surface area contributed by atoms with Gasteiger partial charge >= 0.3 is 0 Å². The Hall–Kier alpha value is -1.55. The van der Waals surface area contributed by atoms with Crippen LogP contribution in [0.1, 0.15) is 13.3 Å². The van der Waals surface area contributed by atoms with E-state index in [-0.39, 0.29) is 12.6 Å². The molecule has 2 N–H and O–H groups in total. The van der Waals surface area contributed by atoms with E-state index in [0.717, 1.165) is 28.1 Å². The summed E-state index contributed by atoms with van der Waals surface area (Å²) in [6.45, 7) is 2.06. The number of halogens is 2. The first-order valence-electron chi connectivity index (χ1n) is 7.18. The summed E-state index contributed by atoms with van der Waals surface area (Å²) in [6, 6.07) is 11.4. The molecule has 114 valence electrons. The van der Waals surface area contributed by atoms with E-state index in [1.54, 1.807) is 0 Å². The number of hydrogen-bond donors (Lipinski definition) is 2. The van der Waals surface area contributed by atoms with Crippen LogP contribution in [-0.4, -0.2) is 22.7 Å². The first-order valence-corrected chi connectivity index (χ1v) is 7.94. The third-order valence-electron chi connectivity index (χ3n) is 3.77. The Bertz CT molecular complexity index is 832. The number of hydrogen-bond acceptors (Lipinski definition) is 3. The molecule has 0 aliphatic heterocycles. The Balaban J connectivity index is 2.29. The molecule has 5 heteroatoms. The highest BCUT2D eigenvalue weighted by atomic mass is 35.5. The lowest BCUT2D eigenvalue weighted by Crippen LogP contribution is -2.23. The summed E-state index contributed by atoms with van der Waals surface area (Å²) in [4.78, 5) is 4.68. The molecular formula is C17H16Cl2N2O. The van der Waals surface area contributed by atoms with Crippen LogP contribution in [0, 0.1) is 0 Å². The van der Waals surface area contributed by atoms with Crippen LogP contribution in [0.5, 0.6) is 0 Å². The van der Waals surface area contributed by atoms with Gasteiger partial charge in [0.25, 0.3) is 0 Å². The fourth-order valence-corrected chi connectivity index (χ4v) is 2.87. The zero-order valence-corrected chi connectivity index (χ0v) is 13.6. The summed E-state index contributed by atoms with van der Waals surface area (Å²) in [7, 11) is 0. The summed E-state index contributed by atoms with van der Waals surface area (Å²) in [5.74, 6) is 0.716. The van der Waals surface area contributed by atoms with Gasteiger partial charge in [0.1, 0.15) is 5.82 Å². The lowest BCUT2D eigenvalue weighted by molar-refractivity contribution is 0.271. The number of aromatic nitrogens is 1. The summed E-state index contributed by atoms with van der Waals surface area (Å²) >= 11 is 12.2. The number of nitrogens with one attached hydrogen (secondary N) is 1. The van der Waals surface area contributed by atoms with Gasteiger partial charge in [-0.3, -0.25) is 0 Å². The predicted octanol–water partition coefficient (Wildman–Crippen LogP) is 4.88. The largest absolute Gasteiger partial charge is 0.394 e. The third kappa shape index (κ3) is 2.84. The maximum absolute atomic E-state index is 9.43. The molecule has 0 aliphatic rings. The standard InChI is InChI=1S/C17H16Cl2N2O/c1-2-12(9-22)20-17-15-7-10(18)3-5-13(15)14-6-4-11(19)8-16(14)21-17/h3-8,12,22H,2,9H2,1H3,(H,20,21)/t12-/m0/s1. The van der Waals surface area contributed by atoms with Gasteiger partial charge in [-0.2, -0.15) is 0 Å². The molecule has 1 atom stereocenters. The maximum atomic E-state index is 9.43. The van der Waals surface area contributed by atoms with E-state index in [1.807, 2.05) is 43.3 Å². The minimum atomic E-state index is -0.0497. The Morgan fingerprint density at radius 3 is 2.41 bits per heavy atom. The van der Waals surface area contributed by atoms with E-state index in [4.69, 9.17) is 23.2 Å². The molecule has 0 radical (unpaired) electrons.